The highest BCUT2D eigenvalue weighted by Gasteiger charge is 2.23. The summed E-state index contributed by atoms with van der Waals surface area (Å²) in [5, 5.41) is 9.29. The van der Waals surface area contributed by atoms with Crippen molar-refractivity contribution in [3.8, 4) is 0 Å². The zero-order chi connectivity index (χ0) is 15.3. The van der Waals surface area contributed by atoms with Crippen LogP contribution in [-0.4, -0.2) is 43.9 Å². The molecule has 1 aliphatic heterocycles. The van der Waals surface area contributed by atoms with Crippen molar-refractivity contribution in [3.05, 3.63) is 29.8 Å². The third-order valence-corrected chi connectivity index (χ3v) is 6.02. The average Bonchev–Trinajstić information content (AvgIpc) is 2.99. The Bertz CT molecular complexity index is 533. The molecule has 0 spiro atoms. The second kappa shape index (κ2) is 7.38. The zero-order valence-electron chi connectivity index (χ0n) is 12.7. The smallest absolute Gasteiger partial charge is 0.178 e. The van der Waals surface area contributed by atoms with E-state index < -0.39 is 9.84 Å². The van der Waals surface area contributed by atoms with E-state index in [0.29, 0.717) is 17.7 Å². The molecule has 4 nitrogen and oxygen atoms in total. The summed E-state index contributed by atoms with van der Waals surface area (Å²) in [6, 6.07) is 7.42. The van der Waals surface area contributed by atoms with E-state index in [0.717, 1.165) is 18.7 Å². The van der Waals surface area contributed by atoms with Crippen LogP contribution >= 0.6 is 0 Å². The molecule has 0 radical (unpaired) electrons. The molecule has 0 saturated carbocycles. The number of sulfone groups is 1. The first-order valence-corrected chi connectivity index (χ1v) is 9.41. The molecule has 0 aromatic heterocycles. The Hall–Kier alpha value is -0.910. The summed E-state index contributed by atoms with van der Waals surface area (Å²) in [7, 11) is -3.15. The van der Waals surface area contributed by atoms with Crippen LogP contribution < -0.4 is 0 Å². The summed E-state index contributed by atoms with van der Waals surface area (Å²) >= 11 is 0. The number of nitrogens with zero attached hydrogens (tertiary/aromatic N) is 1. The van der Waals surface area contributed by atoms with Gasteiger partial charge in [-0.05, 0) is 56.5 Å². The van der Waals surface area contributed by atoms with Crippen molar-refractivity contribution in [3.63, 3.8) is 0 Å². The first-order valence-electron chi connectivity index (χ1n) is 7.76. The highest BCUT2D eigenvalue weighted by Crippen LogP contribution is 2.28. The fourth-order valence-electron chi connectivity index (χ4n) is 3.02. The van der Waals surface area contributed by atoms with Crippen LogP contribution in [0.15, 0.2) is 29.2 Å². The van der Waals surface area contributed by atoms with Gasteiger partial charge in [0.2, 0.25) is 0 Å². The maximum Gasteiger partial charge on any atom is 0.178 e. The molecule has 118 valence electrons. The molecular formula is C16H25NO3S. The van der Waals surface area contributed by atoms with E-state index in [2.05, 4.69) is 4.90 Å². The van der Waals surface area contributed by atoms with Gasteiger partial charge in [-0.1, -0.05) is 19.1 Å². The van der Waals surface area contributed by atoms with E-state index in [1.165, 1.54) is 12.8 Å². The Morgan fingerprint density at radius 2 is 1.81 bits per heavy atom. The first-order chi connectivity index (χ1) is 10.1. The lowest BCUT2D eigenvalue weighted by Crippen LogP contribution is -2.26. The van der Waals surface area contributed by atoms with Gasteiger partial charge in [-0.2, -0.15) is 0 Å². The number of benzene rings is 1. The van der Waals surface area contributed by atoms with Crippen molar-refractivity contribution in [2.24, 2.45) is 0 Å². The van der Waals surface area contributed by atoms with E-state index >= 15 is 0 Å². The molecule has 1 atom stereocenters. The highest BCUT2D eigenvalue weighted by molar-refractivity contribution is 7.91. The van der Waals surface area contributed by atoms with E-state index in [1.54, 1.807) is 12.1 Å². The fourth-order valence-corrected chi connectivity index (χ4v) is 4.34. The van der Waals surface area contributed by atoms with Crippen LogP contribution in [0.5, 0.6) is 0 Å². The number of likely N-dealkylation sites (tertiary alicyclic amines) is 1. The average molecular weight is 311 g/mol. The molecule has 0 aliphatic carbocycles. The minimum Gasteiger partial charge on any atom is -0.396 e. The molecule has 1 unspecified atom stereocenters. The maximum atomic E-state index is 12.0. The second-order valence-corrected chi connectivity index (χ2v) is 7.77. The normalized spacial score (nSPS) is 18.0. The Labute approximate surface area is 127 Å². The van der Waals surface area contributed by atoms with Crippen LogP contribution in [0.25, 0.3) is 0 Å². The number of aliphatic hydroxyl groups excluding tert-OH is 1. The molecule has 1 N–H and O–H groups in total. The summed E-state index contributed by atoms with van der Waals surface area (Å²) in [6.07, 6.45) is 3.72. The van der Waals surface area contributed by atoms with Gasteiger partial charge in [0.15, 0.2) is 9.84 Å². The van der Waals surface area contributed by atoms with Crippen molar-refractivity contribution >= 4 is 9.84 Å². The van der Waals surface area contributed by atoms with E-state index in [9.17, 15) is 13.5 Å². The fraction of sp³-hybridized carbons (Fsp3) is 0.625. The Kier molecular flexibility index (Phi) is 5.79. The van der Waals surface area contributed by atoms with Gasteiger partial charge in [0.25, 0.3) is 0 Å². The lowest BCUT2D eigenvalue weighted by atomic mass is 10.0. The summed E-state index contributed by atoms with van der Waals surface area (Å²) in [6.45, 7) is 4.13. The van der Waals surface area contributed by atoms with Gasteiger partial charge in [0.05, 0.1) is 10.6 Å². The van der Waals surface area contributed by atoms with Gasteiger partial charge in [-0.15, -0.1) is 0 Å². The van der Waals surface area contributed by atoms with Gasteiger partial charge in [-0.3, -0.25) is 4.90 Å². The molecule has 0 bridgehead atoms. The first kappa shape index (κ1) is 16.5. The molecule has 1 saturated heterocycles. The van der Waals surface area contributed by atoms with Crippen LogP contribution in [0.2, 0.25) is 0 Å². The standard InChI is InChI=1S/C16H25NO3S/c1-2-13-21(19,20)15-7-5-14(6-8-15)16(9-12-18)17-10-3-4-11-17/h5-8,16,18H,2-4,9-13H2,1H3. The van der Waals surface area contributed by atoms with E-state index in [1.807, 2.05) is 19.1 Å². The quantitative estimate of drug-likeness (QED) is 0.840. The summed E-state index contributed by atoms with van der Waals surface area (Å²) in [5.74, 6) is 0.193. The third-order valence-electron chi connectivity index (χ3n) is 4.08. The number of hydrogen-bond donors (Lipinski definition) is 1. The van der Waals surface area contributed by atoms with Gasteiger partial charge < -0.3 is 5.11 Å². The van der Waals surface area contributed by atoms with Crippen LogP contribution in [0.3, 0.4) is 0 Å². The predicted octanol–water partition coefficient (Wildman–Crippen LogP) is 2.39. The predicted molar refractivity (Wildman–Crippen MR) is 84.0 cm³/mol. The van der Waals surface area contributed by atoms with Gasteiger partial charge in [0.1, 0.15) is 0 Å². The molecule has 1 aliphatic rings. The van der Waals surface area contributed by atoms with Crippen LogP contribution in [0, 0.1) is 0 Å². The zero-order valence-corrected chi connectivity index (χ0v) is 13.5. The molecule has 1 aromatic rings. The monoisotopic (exact) mass is 311 g/mol. The van der Waals surface area contributed by atoms with Gasteiger partial charge >= 0.3 is 0 Å². The van der Waals surface area contributed by atoms with Crippen molar-refractivity contribution in [2.75, 3.05) is 25.4 Å². The molecule has 21 heavy (non-hydrogen) atoms. The number of rotatable bonds is 7. The summed E-state index contributed by atoms with van der Waals surface area (Å²) in [5.41, 5.74) is 1.10. The topological polar surface area (TPSA) is 57.6 Å². The Morgan fingerprint density at radius 1 is 1.19 bits per heavy atom. The number of aliphatic hydroxyl groups is 1. The van der Waals surface area contributed by atoms with Gasteiger partial charge in [0, 0.05) is 12.6 Å². The molecule has 5 heteroatoms. The molecule has 0 amide bonds. The van der Waals surface area contributed by atoms with E-state index in [4.69, 9.17) is 0 Å². The second-order valence-electron chi connectivity index (χ2n) is 5.66. The van der Waals surface area contributed by atoms with Crippen molar-refractivity contribution in [1.82, 2.24) is 4.90 Å². The van der Waals surface area contributed by atoms with Crippen LogP contribution in [0.4, 0.5) is 0 Å². The highest BCUT2D eigenvalue weighted by atomic mass is 32.2. The molecule has 1 heterocycles. The molecule has 1 aromatic carbocycles. The summed E-state index contributed by atoms with van der Waals surface area (Å²) in [4.78, 5) is 2.78. The SMILES string of the molecule is CCCS(=O)(=O)c1ccc(C(CCO)N2CCCC2)cc1. The third kappa shape index (κ3) is 4.05. The summed E-state index contributed by atoms with van der Waals surface area (Å²) < 4.78 is 24.1. The maximum absolute atomic E-state index is 12.0. The largest absolute Gasteiger partial charge is 0.396 e. The van der Waals surface area contributed by atoms with E-state index in [-0.39, 0.29) is 18.4 Å². The minimum atomic E-state index is -3.15. The lowest BCUT2D eigenvalue weighted by Gasteiger charge is -2.27. The Balaban J connectivity index is 2.19. The lowest BCUT2D eigenvalue weighted by molar-refractivity contribution is 0.185. The molecular weight excluding hydrogens is 286 g/mol. The van der Waals surface area contributed by atoms with Crippen LogP contribution in [-0.2, 0) is 9.84 Å². The van der Waals surface area contributed by atoms with Crippen molar-refractivity contribution in [1.29, 1.82) is 0 Å². The Morgan fingerprint density at radius 3 is 2.33 bits per heavy atom. The molecule has 1 fully saturated rings. The van der Waals surface area contributed by atoms with Gasteiger partial charge in [-0.25, -0.2) is 8.42 Å². The van der Waals surface area contributed by atoms with Crippen molar-refractivity contribution < 1.29 is 13.5 Å². The van der Waals surface area contributed by atoms with Crippen molar-refractivity contribution in [2.45, 2.75) is 43.5 Å². The number of hydrogen-bond acceptors (Lipinski definition) is 4. The minimum absolute atomic E-state index is 0.150. The molecule has 2 rings (SSSR count). The van der Waals surface area contributed by atoms with Crippen LogP contribution in [0.1, 0.15) is 44.2 Å².